The first kappa shape index (κ1) is 30.4. The lowest BCUT2D eigenvalue weighted by Gasteiger charge is -2.45. The lowest BCUT2D eigenvalue weighted by Crippen LogP contribution is -2.50. The highest BCUT2D eigenvalue weighted by Gasteiger charge is 2.34. The van der Waals surface area contributed by atoms with E-state index in [0.717, 1.165) is 37.7 Å². The van der Waals surface area contributed by atoms with Gasteiger partial charge in [0, 0.05) is 36.2 Å². The zero-order valence-electron chi connectivity index (χ0n) is 25.3. The van der Waals surface area contributed by atoms with Gasteiger partial charge in [0.2, 0.25) is 5.88 Å². The van der Waals surface area contributed by atoms with E-state index in [2.05, 4.69) is 9.88 Å². The summed E-state index contributed by atoms with van der Waals surface area (Å²) in [7, 11) is 0. The van der Waals surface area contributed by atoms with Crippen LogP contribution in [0.1, 0.15) is 52.1 Å². The number of rotatable bonds is 9. The van der Waals surface area contributed by atoms with Gasteiger partial charge in [-0.2, -0.15) is 5.26 Å². The highest BCUT2D eigenvalue weighted by molar-refractivity contribution is 5.92. The number of nitrogens with zero attached hydrogens (tertiary/aromatic N) is 5. The lowest BCUT2D eigenvalue weighted by atomic mass is 9.83. The molecule has 3 aliphatic heterocycles. The summed E-state index contributed by atoms with van der Waals surface area (Å²) in [6.45, 7) is 2.45. The van der Waals surface area contributed by atoms with E-state index in [1.54, 1.807) is 18.2 Å². The first-order valence-electron chi connectivity index (χ1n) is 15.5. The minimum atomic E-state index is -1.05. The van der Waals surface area contributed by atoms with Crippen LogP contribution < -0.4 is 4.74 Å². The van der Waals surface area contributed by atoms with Gasteiger partial charge in [0.15, 0.2) is 0 Å². The monoisotopic (exact) mass is 637 g/mol. The number of hydrogen-bond acceptors (Lipinski definition) is 6. The summed E-state index contributed by atoms with van der Waals surface area (Å²) < 4.78 is 53.2. The number of aromatic nitrogens is 3. The smallest absolute Gasteiger partial charge is 0.335 e. The number of piperidine rings is 3. The Bertz CT molecular complexity index is 2050. The molecule has 47 heavy (non-hydrogen) atoms. The van der Waals surface area contributed by atoms with Crippen molar-refractivity contribution in [1.82, 2.24) is 19.4 Å². The molecule has 0 radical (unpaired) electrons. The number of fused-ring (bicyclic) bond motifs is 4. The summed E-state index contributed by atoms with van der Waals surface area (Å²) in [5.74, 6) is -1.68. The molecular weight excluding hydrogens is 607 g/mol. The van der Waals surface area contributed by atoms with Crippen molar-refractivity contribution in [3.8, 4) is 23.2 Å². The van der Waals surface area contributed by atoms with Crippen LogP contribution in [0.3, 0.4) is 0 Å². The Balaban J connectivity index is 1.16. The summed E-state index contributed by atoms with van der Waals surface area (Å²) in [6.07, 6.45) is 3.39. The van der Waals surface area contributed by atoms with E-state index < -0.39 is 23.4 Å². The molecule has 0 saturated carbocycles. The number of nitriles is 1. The third kappa shape index (κ3) is 6.16. The maximum Gasteiger partial charge on any atom is 0.335 e. The Morgan fingerprint density at radius 2 is 1.77 bits per heavy atom. The van der Waals surface area contributed by atoms with Gasteiger partial charge in [-0.3, -0.25) is 4.90 Å². The summed E-state index contributed by atoms with van der Waals surface area (Å²) in [5, 5.41) is 18.6. The van der Waals surface area contributed by atoms with Gasteiger partial charge < -0.3 is 14.4 Å². The molecule has 8 rings (SSSR count). The van der Waals surface area contributed by atoms with Gasteiger partial charge in [-0.05, 0) is 92.4 Å². The number of imidazole rings is 1. The normalized spacial score (nSPS) is 18.7. The minimum Gasteiger partial charge on any atom is -0.478 e. The second-order valence-electron chi connectivity index (χ2n) is 12.2. The Hall–Kier alpha value is -5.21. The zero-order chi connectivity index (χ0) is 32.7. The van der Waals surface area contributed by atoms with Crippen LogP contribution in [0.15, 0.2) is 66.7 Å². The standard InChI is InChI=1S/C36H30F3N5O3/c37-28-13-22(18-40)4-5-24(28)20-47-35-3-1-2-31(42-35)27-17-29(38)25(14-30(27)39)16-34-41-32-7-6-23(36(45)46)15-33(32)44(34)19-26-12-21-8-10-43(26)11-9-21/h1-7,13-15,17,21,26H,8-12,16,19-20H2,(H,45,46). The van der Waals surface area contributed by atoms with Crippen LogP contribution in [-0.4, -0.2) is 49.6 Å². The maximum atomic E-state index is 15.7. The van der Waals surface area contributed by atoms with Crippen LogP contribution in [0.4, 0.5) is 13.2 Å². The molecule has 0 spiro atoms. The van der Waals surface area contributed by atoms with Gasteiger partial charge in [-0.1, -0.05) is 12.1 Å². The van der Waals surface area contributed by atoms with Crippen LogP contribution in [0, 0.1) is 34.7 Å². The third-order valence-electron chi connectivity index (χ3n) is 9.28. The highest BCUT2D eigenvalue weighted by Crippen LogP contribution is 2.34. The highest BCUT2D eigenvalue weighted by atomic mass is 19.1. The topological polar surface area (TPSA) is 104 Å². The number of halogens is 3. The number of carboxylic acid groups (broad SMARTS) is 1. The largest absolute Gasteiger partial charge is 0.478 e. The van der Waals surface area contributed by atoms with Crippen molar-refractivity contribution in [2.75, 3.05) is 13.1 Å². The van der Waals surface area contributed by atoms with Crippen LogP contribution in [0.2, 0.25) is 0 Å². The Labute approximate surface area is 268 Å². The molecule has 1 N–H and O–H groups in total. The van der Waals surface area contributed by atoms with Gasteiger partial charge in [0.1, 0.15) is 29.9 Å². The Morgan fingerprint density at radius 3 is 2.49 bits per heavy atom. The SMILES string of the molecule is N#Cc1ccc(COc2cccc(-c3cc(F)c(Cc4nc5ccc(C(=O)O)cc5n4CC4CC5CCN4CC5)cc3F)n2)c(F)c1. The molecule has 3 aromatic carbocycles. The number of ether oxygens (including phenoxy) is 1. The first-order chi connectivity index (χ1) is 22.7. The molecule has 3 aliphatic rings. The average Bonchev–Trinajstić information content (AvgIpc) is 3.41. The fourth-order valence-electron chi connectivity index (χ4n) is 6.75. The van der Waals surface area contributed by atoms with Crippen molar-refractivity contribution < 1.29 is 27.8 Å². The molecule has 0 amide bonds. The third-order valence-corrected chi connectivity index (χ3v) is 9.28. The van der Waals surface area contributed by atoms with Crippen molar-refractivity contribution in [3.05, 3.63) is 112 Å². The van der Waals surface area contributed by atoms with Crippen LogP contribution >= 0.6 is 0 Å². The summed E-state index contributed by atoms with van der Waals surface area (Å²) in [6, 6.07) is 17.8. The molecule has 2 bridgehead atoms. The average molecular weight is 638 g/mol. The van der Waals surface area contributed by atoms with Crippen molar-refractivity contribution in [1.29, 1.82) is 5.26 Å². The van der Waals surface area contributed by atoms with Crippen molar-refractivity contribution in [2.24, 2.45) is 5.92 Å². The fraction of sp³-hybridized carbons (Fsp3) is 0.278. The number of pyridine rings is 1. The summed E-state index contributed by atoms with van der Waals surface area (Å²) in [5.41, 5.74) is 1.98. The number of benzene rings is 3. The van der Waals surface area contributed by atoms with Crippen LogP contribution in [0.5, 0.6) is 5.88 Å². The summed E-state index contributed by atoms with van der Waals surface area (Å²) in [4.78, 5) is 23.3. The second kappa shape index (κ2) is 12.5. The van der Waals surface area contributed by atoms with Crippen molar-refractivity contribution >= 4 is 17.0 Å². The predicted molar refractivity (Wildman–Crippen MR) is 167 cm³/mol. The molecule has 8 nitrogen and oxygen atoms in total. The Morgan fingerprint density at radius 1 is 0.957 bits per heavy atom. The maximum absolute atomic E-state index is 15.7. The molecular formula is C36H30F3N5O3. The van der Waals surface area contributed by atoms with Gasteiger partial charge in [0.05, 0.1) is 33.9 Å². The molecule has 1 atom stereocenters. The lowest BCUT2D eigenvalue weighted by molar-refractivity contribution is 0.0408. The van der Waals surface area contributed by atoms with E-state index in [9.17, 15) is 14.3 Å². The van der Waals surface area contributed by atoms with Crippen LogP contribution in [0.25, 0.3) is 22.3 Å². The molecule has 5 aromatic rings. The van der Waals surface area contributed by atoms with E-state index in [0.29, 0.717) is 29.3 Å². The van der Waals surface area contributed by atoms with E-state index >= 15 is 8.78 Å². The van der Waals surface area contributed by atoms with Gasteiger partial charge >= 0.3 is 5.97 Å². The zero-order valence-corrected chi connectivity index (χ0v) is 25.3. The second-order valence-corrected chi connectivity index (χ2v) is 12.2. The Kier molecular flexibility index (Phi) is 8.12. The molecule has 2 aromatic heterocycles. The fourth-order valence-corrected chi connectivity index (χ4v) is 6.75. The molecule has 5 heterocycles. The number of carbonyl (C=O) groups is 1. The molecule has 3 saturated heterocycles. The molecule has 3 fully saturated rings. The van der Waals surface area contributed by atoms with E-state index in [1.165, 1.54) is 43.2 Å². The van der Waals surface area contributed by atoms with Crippen molar-refractivity contribution in [3.63, 3.8) is 0 Å². The number of aromatic carboxylic acids is 1. The van der Waals surface area contributed by atoms with Crippen molar-refractivity contribution in [2.45, 2.75) is 44.9 Å². The van der Waals surface area contributed by atoms with Crippen LogP contribution in [-0.2, 0) is 19.6 Å². The quantitative estimate of drug-likeness (QED) is 0.191. The molecule has 1 unspecified atom stereocenters. The molecule has 0 aliphatic carbocycles. The molecule has 238 valence electrons. The number of carboxylic acids is 1. The molecule has 11 heteroatoms. The van der Waals surface area contributed by atoms with E-state index in [-0.39, 0.29) is 58.5 Å². The van der Waals surface area contributed by atoms with Gasteiger partial charge in [-0.25, -0.2) is 27.9 Å². The minimum absolute atomic E-state index is 0.00298. The first-order valence-corrected chi connectivity index (χ1v) is 15.5. The van der Waals surface area contributed by atoms with E-state index in [4.69, 9.17) is 15.0 Å². The van der Waals surface area contributed by atoms with Gasteiger partial charge in [-0.15, -0.1) is 0 Å². The predicted octanol–water partition coefficient (Wildman–Crippen LogP) is 6.74. The summed E-state index contributed by atoms with van der Waals surface area (Å²) >= 11 is 0. The van der Waals surface area contributed by atoms with E-state index in [1.807, 2.05) is 10.6 Å². The number of hydrogen-bond donors (Lipinski definition) is 1. The van der Waals surface area contributed by atoms with Gasteiger partial charge in [0.25, 0.3) is 0 Å².